The summed E-state index contributed by atoms with van der Waals surface area (Å²) in [5, 5.41) is 0. The zero-order valence-electron chi connectivity index (χ0n) is 15.2. The highest BCUT2D eigenvalue weighted by Crippen LogP contribution is 2.38. The number of aromatic amines is 1. The van der Waals surface area contributed by atoms with Crippen molar-refractivity contribution >= 4 is 11.0 Å². The number of hydrogen-bond donors (Lipinski definition) is 1. The van der Waals surface area contributed by atoms with E-state index in [0.29, 0.717) is 5.92 Å². The van der Waals surface area contributed by atoms with E-state index in [4.69, 9.17) is 4.98 Å². The summed E-state index contributed by atoms with van der Waals surface area (Å²) in [6.07, 6.45) is 4.70. The van der Waals surface area contributed by atoms with Gasteiger partial charge in [0.05, 0.1) is 11.0 Å². The maximum Gasteiger partial charge on any atom is 0.115 e. The van der Waals surface area contributed by atoms with Crippen molar-refractivity contribution in [3.05, 3.63) is 54.5 Å². The Bertz CT molecular complexity index is 810. The van der Waals surface area contributed by atoms with Crippen molar-refractivity contribution in [3.63, 3.8) is 0 Å². The molecule has 0 saturated carbocycles. The van der Waals surface area contributed by atoms with Gasteiger partial charge in [-0.2, -0.15) is 0 Å². The molecule has 0 atom stereocenters. The molecule has 3 aromatic rings. The van der Waals surface area contributed by atoms with Crippen molar-refractivity contribution in [1.82, 2.24) is 15.0 Å². The van der Waals surface area contributed by atoms with E-state index in [2.05, 4.69) is 62.8 Å². The molecule has 125 valence electrons. The van der Waals surface area contributed by atoms with Crippen molar-refractivity contribution in [2.75, 3.05) is 0 Å². The molecule has 0 amide bonds. The third-order valence-corrected chi connectivity index (χ3v) is 4.30. The lowest BCUT2D eigenvalue weighted by atomic mass is 9.76. The predicted octanol–water partition coefficient (Wildman–Crippen LogP) is 5.64. The number of nitrogens with zero attached hydrogens (tertiary/aromatic N) is 2. The third-order valence-electron chi connectivity index (χ3n) is 4.30. The number of fused-ring (bicyclic) bond motifs is 1. The number of H-pyrrole nitrogens is 1. The van der Waals surface area contributed by atoms with Crippen molar-refractivity contribution in [2.45, 2.75) is 41.0 Å². The smallest absolute Gasteiger partial charge is 0.115 e. The second-order valence-electron chi connectivity index (χ2n) is 7.88. The van der Waals surface area contributed by atoms with Crippen LogP contribution in [-0.2, 0) is 0 Å². The van der Waals surface area contributed by atoms with Crippen LogP contribution in [-0.4, -0.2) is 15.0 Å². The molecule has 0 aliphatic heterocycles. The van der Waals surface area contributed by atoms with Crippen molar-refractivity contribution in [2.24, 2.45) is 11.3 Å². The molecule has 24 heavy (non-hydrogen) atoms. The van der Waals surface area contributed by atoms with E-state index in [1.807, 2.05) is 24.5 Å². The third kappa shape index (κ3) is 3.50. The zero-order valence-corrected chi connectivity index (χ0v) is 15.2. The van der Waals surface area contributed by atoms with Gasteiger partial charge < -0.3 is 4.98 Å². The fraction of sp³-hybridized carbons (Fsp3) is 0.381. The van der Waals surface area contributed by atoms with Gasteiger partial charge >= 0.3 is 0 Å². The topological polar surface area (TPSA) is 41.6 Å². The average Bonchev–Trinajstić information content (AvgIpc) is 2.94. The van der Waals surface area contributed by atoms with E-state index in [9.17, 15) is 0 Å². The second-order valence-corrected chi connectivity index (χ2v) is 7.88. The number of pyridine rings is 1. The molecule has 0 spiro atoms. The quantitative estimate of drug-likeness (QED) is 0.676. The van der Waals surface area contributed by atoms with Gasteiger partial charge in [0.25, 0.3) is 0 Å². The van der Waals surface area contributed by atoms with Crippen molar-refractivity contribution in [1.29, 1.82) is 0 Å². The Labute approximate surface area is 144 Å². The zero-order chi connectivity index (χ0) is 17.3. The molecular formula is C21H26N3. The molecule has 0 fully saturated rings. The lowest BCUT2D eigenvalue weighted by Crippen LogP contribution is -2.22. The Kier molecular flexibility index (Phi) is 4.44. The van der Waals surface area contributed by atoms with E-state index in [1.54, 1.807) is 0 Å². The molecule has 0 aliphatic rings. The van der Waals surface area contributed by atoms with Crippen LogP contribution in [0.2, 0.25) is 0 Å². The van der Waals surface area contributed by atoms with E-state index >= 15 is 0 Å². The van der Waals surface area contributed by atoms with Crippen LogP contribution >= 0.6 is 0 Å². The van der Waals surface area contributed by atoms with E-state index in [-0.39, 0.29) is 5.41 Å². The van der Waals surface area contributed by atoms with Crippen LogP contribution in [0.3, 0.4) is 0 Å². The lowest BCUT2D eigenvalue weighted by molar-refractivity contribution is 0.389. The minimum absolute atomic E-state index is 0.103. The highest BCUT2D eigenvalue weighted by atomic mass is 14.9. The van der Waals surface area contributed by atoms with E-state index in [0.717, 1.165) is 23.3 Å². The second kappa shape index (κ2) is 6.39. The molecular weight excluding hydrogens is 294 g/mol. The monoisotopic (exact) mass is 320 g/mol. The van der Waals surface area contributed by atoms with Crippen molar-refractivity contribution in [3.8, 4) is 11.1 Å². The molecule has 1 radical (unpaired) electrons. The molecule has 3 nitrogen and oxygen atoms in total. The van der Waals surface area contributed by atoms with Gasteiger partial charge in [0, 0.05) is 18.3 Å². The fourth-order valence-electron chi connectivity index (χ4n) is 3.04. The molecule has 1 N–H and O–H groups in total. The van der Waals surface area contributed by atoms with Gasteiger partial charge in [-0.25, -0.2) is 4.98 Å². The fourth-order valence-corrected chi connectivity index (χ4v) is 3.04. The summed E-state index contributed by atoms with van der Waals surface area (Å²) in [5.41, 5.74) is 4.55. The van der Waals surface area contributed by atoms with E-state index < -0.39 is 0 Å². The van der Waals surface area contributed by atoms with Crippen LogP contribution in [0.15, 0.2) is 42.7 Å². The molecule has 2 heterocycles. The van der Waals surface area contributed by atoms with Gasteiger partial charge in [0.2, 0.25) is 0 Å². The average molecular weight is 320 g/mol. The first kappa shape index (κ1) is 16.7. The summed E-state index contributed by atoms with van der Waals surface area (Å²) < 4.78 is 0. The minimum Gasteiger partial charge on any atom is -0.341 e. The molecule has 3 heteroatoms. The first-order valence-electron chi connectivity index (χ1n) is 8.61. The van der Waals surface area contributed by atoms with E-state index in [1.165, 1.54) is 17.0 Å². The molecule has 0 unspecified atom stereocenters. The maximum atomic E-state index is 4.91. The van der Waals surface area contributed by atoms with Crippen molar-refractivity contribution < 1.29 is 0 Å². The normalized spacial score (nSPS) is 12.5. The number of rotatable bonds is 4. The summed E-state index contributed by atoms with van der Waals surface area (Å²) >= 11 is 0. The Hall–Kier alpha value is -2.16. The first-order chi connectivity index (χ1) is 11.3. The highest BCUT2D eigenvalue weighted by Gasteiger charge is 2.30. The number of aromatic nitrogens is 3. The molecule has 0 aliphatic carbocycles. The Balaban J connectivity index is 2.01. The number of imidazole rings is 1. The Morgan fingerprint density at radius 1 is 1.04 bits per heavy atom. The summed E-state index contributed by atoms with van der Waals surface area (Å²) in [6, 6.07) is 10.5. The standard InChI is InChI=1S/C21H26N3/c1-14(2)12-17(21(3,4)5)20-23-18-7-6-16(13-19(18)24-20)15-8-10-22-11-9-15/h6-11,13-14H,12H2,1-5H3,(H,23,24). The van der Waals surface area contributed by atoms with Crippen LogP contribution in [0.5, 0.6) is 0 Å². The molecule has 0 bridgehead atoms. The van der Waals surface area contributed by atoms with Gasteiger partial charge in [-0.3, -0.25) is 4.98 Å². The van der Waals surface area contributed by atoms with Gasteiger partial charge in [0.1, 0.15) is 5.82 Å². The number of benzene rings is 1. The first-order valence-corrected chi connectivity index (χ1v) is 8.61. The number of hydrogen-bond acceptors (Lipinski definition) is 2. The van der Waals surface area contributed by atoms with Crippen LogP contribution in [0.1, 0.15) is 46.9 Å². The van der Waals surface area contributed by atoms with Crippen LogP contribution in [0, 0.1) is 17.3 Å². The lowest BCUT2D eigenvalue weighted by Gasteiger charge is -2.29. The van der Waals surface area contributed by atoms with Gasteiger partial charge in [0.15, 0.2) is 0 Å². The van der Waals surface area contributed by atoms with Gasteiger partial charge in [-0.15, -0.1) is 0 Å². The molecule has 2 aromatic heterocycles. The Morgan fingerprint density at radius 2 is 1.75 bits per heavy atom. The van der Waals surface area contributed by atoms with Crippen LogP contribution in [0.25, 0.3) is 22.2 Å². The summed E-state index contributed by atoms with van der Waals surface area (Å²) in [4.78, 5) is 12.5. The maximum absolute atomic E-state index is 4.91. The largest absolute Gasteiger partial charge is 0.341 e. The number of nitrogens with one attached hydrogen (secondary N) is 1. The summed E-state index contributed by atoms with van der Waals surface area (Å²) in [7, 11) is 0. The van der Waals surface area contributed by atoms with Gasteiger partial charge in [-0.1, -0.05) is 40.7 Å². The Morgan fingerprint density at radius 3 is 2.38 bits per heavy atom. The molecule has 3 rings (SSSR count). The minimum atomic E-state index is 0.103. The van der Waals surface area contributed by atoms with Crippen LogP contribution in [0.4, 0.5) is 0 Å². The van der Waals surface area contributed by atoms with Crippen LogP contribution < -0.4 is 0 Å². The SMILES string of the molecule is CC(C)C[C](c1nc2cc(-c3ccncc3)ccc2[nH]1)C(C)(C)C. The summed E-state index contributed by atoms with van der Waals surface area (Å²) in [5.74, 6) is 3.03. The highest BCUT2D eigenvalue weighted by molar-refractivity contribution is 5.82. The molecule has 0 saturated heterocycles. The summed E-state index contributed by atoms with van der Waals surface area (Å²) in [6.45, 7) is 11.3. The predicted molar refractivity (Wildman–Crippen MR) is 101 cm³/mol. The van der Waals surface area contributed by atoms with Gasteiger partial charge in [-0.05, 0) is 53.1 Å². The molecule has 1 aromatic carbocycles.